The summed E-state index contributed by atoms with van der Waals surface area (Å²) in [6.07, 6.45) is 6.29. The molecule has 6 heteroatoms. The third-order valence-corrected chi connectivity index (χ3v) is 6.32. The summed E-state index contributed by atoms with van der Waals surface area (Å²) in [5.41, 5.74) is 1.25. The van der Waals surface area contributed by atoms with Gasteiger partial charge in [-0.1, -0.05) is 25.0 Å². The molecule has 2 atom stereocenters. The first-order chi connectivity index (χ1) is 10.0. The summed E-state index contributed by atoms with van der Waals surface area (Å²) >= 11 is 1.74. The summed E-state index contributed by atoms with van der Waals surface area (Å²) in [4.78, 5) is 0. The van der Waals surface area contributed by atoms with Crippen LogP contribution in [0, 0.1) is 11.3 Å². The minimum absolute atomic E-state index is 0.0314. The van der Waals surface area contributed by atoms with Gasteiger partial charge in [-0.3, -0.25) is 0 Å². The maximum absolute atomic E-state index is 12.3. The lowest BCUT2D eigenvalue weighted by molar-refractivity contribution is 0.423. The lowest BCUT2D eigenvalue weighted by Crippen LogP contribution is -2.44. The van der Waals surface area contributed by atoms with Gasteiger partial charge in [0.1, 0.15) is 0 Å². The quantitative estimate of drug-likeness (QED) is 0.904. The number of nitrogens with one attached hydrogen (secondary N) is 1. The van der Waals surface area contributed by atoms with Gasteiger partial charge in [-0.15, -0.1) is 0 Å². The molecule has 0 aliphatic heterocycles. The van der Waals surface area contributed by atoms with Crippen LogP contribution in [0.1, 0.15) is 36.8 Å². The van der Waals surface area contributed by atoms with Crippen molar-refractivity contribution in [2.24, 2.45) is 0 Å². The van der Waals surface area contributed by atoms with Gasteiger partial charge in [0.05, 0.1) is 17.4 Å². The van der Waals surface area contributed by atoms with E-state index in [2.05, 4.69) is 4.72 Å². The number of thioether (sulfide) groups is 1. The van der Waals surface area contributed by atoms with Gasteiger partial charge in [0.25, 0.3) is 0 Å². The molecule has 0 spiro atoms. The molecule has 0 radical (unpaired) electrons. The summed E-state index contributed by atoms with van der Waals surface area (Å²) in [6.45, 7) is 0. The van der Waals surface area contributed by atoms with Crippen molar-refractivity contribution in [3.8, 4) is 6.07 Å². The third-order valence-electron chi connectivity index (χ3n) is 3.78. The van der Waals surface area contributed by atoms with Crippen LogP contribution >= 0.6 is 11.8 Å². The van der Waals surface area contributed by atoms with Crippen molar-refractivity contribution in [1.29, 1.82) is 5.26 Å². The largest absolute Gasteiger partial charge is 0.216 e. The Bertz CT molecular complexity index is 606. The molecule has 1 aliphatic rings. The van der Waals surface area contributed by atoms with Crippen molar-refractivity contribution >= 4 is 21.8 Å². The van der Waals surface area contributed by atoms with E-state index >= 15 is 0 Å². The van der Waals surface area contributed by atoms with E-state index in [0.717, 1.165) is 19.3 Å². The topological polar surface area (TPSA) is 70.0 Å². The molecule has 1 N–H and O–H groups in total. The van der Waals surface area contributed by atoms with Crippen molar-refractivity contribution in [3.05, 3.63) is 35.4 Å². The predicted octanol–water partition coefficient (Wildman–Crippen LogP) is 2.65. The Morgan fingerprint density at radius 1 is 1.29 bits per heavy atom. The number of nitriles is 1. The molecule has 2 unspecified atom stereocenters. The monoisotopic (exact) mass is 324 g/mol. The van der Waals surface area contributed by atoms with E-state index in [1.54, 1.807) is 36.0 Å². The molecular formula is C15H20N2O2S2. The van der Waals surface area contributed by atoms with Gasteiger partial charge in [-0.2, -0.15) is 17.0 Å². The number of rotatable bonds is 5. The summed E-state index contributed by atoms with van der Waals surface area (Å²) in [5, 5.41) is 9.12. The Morgan fingerprint density at radius 2 is 1.95 bits per heavy atom. The van der Waals surface area contributed by atoms with Crippen LogP contribution in [0.25, 0.3) is 0 Å². The Hall–Kier alpha value is -1.03. The van der Waals surface area contributed by atoms with E-state index < -0.39 is 10.0 Å². The Labute approximate surface area is 131 Å². The first-order valence-corrected chi connectivity index (χ1v) is 10.00. The number of nitrogens with zero attached hydrogens (tertiary/aromatic N) is 1. The van der Waals surface area contributed by atoms with Crippen molar-refractivity contribution in [1.82, 2.24) is 4.72 Å². The van der Waals surface area contributed by atoms with E-state index in [1.807, 2.05) is 12.3 Å². The molecule has 4 nitrogen and oxygen atoms in total. The lowest BCUT2D eigenvalue weighted by atomic mass is 9.96. The molecule has 0 saturated heterocycles. The zero-order valence-electron chi connectivity index (χ0n) is 12.1. The van der Waals surface area contributed by atoms with Crippen LogP contribution in [0.5, 0.6) is 0 Å². The lowest BCUT2D eigenvalue weighted by Gasteiger charge is -2.30. The Morgan fingerprint density at radius 3 is 2.57 bits per heavy atom. The smallest absolute Gasteiger partial charge is 0.212 e. The molecule has 114 valence electrons. The van der Waals surface area contributed by atoms with Gasteiger partial charge in [0.2, 0.25) is 10.0 Å². The van der Waals surface area contributed by atoms with E-state index in [0.29, 0.717) is 16.4 Å². The van der Waals surface area contributed by atoms with Crippen molar-refractivity contribution in [3.63, 3.8) is 0 Å². The van der Waals surface area contributed by atoms with Crippen molar-refractivity contribution in [2.45, 2.75) is 42.7 Å². The molecule has 1 saturated carbocycles. The maximum atomic E-state index is 12.3. The Balaban J connectivity index is 2.02. The van der Waals surface area contributed by atoms with Crippen LogP contribution in [-0.2, 0) is 15.8 Å². The second-order valence-corrected chi connectivity index (χ2v) is 8.18. The van der Waals surface area contributed by atoms with E-state index in [-0.39, 0.29) is 11.8 Å². The highest BCUT2D eigenvalue weighted by Crippen LogP contribution is 2.27. The number of hydrogen-bond acceptors (Lipinski definition) is 4. The molecular weight excluding hydrogens is 304 g/mol. The van der Waals surface area contributed by atoms with Gasteiger partial charge in [0, 0.05) is 11.3 Å². The normalized spacial score (nSPS) is 22.7. The molecule has 2 rings (SSSR count). The van der Waals surface area contributed by atoms with Crippen LogP contribution in [0.15, 0.2) is 24.3 Å². The first-order valence-electron chi connectivity index (χ1n) is 7.06. The summed E-state index contributed by atoms with van der Waals surface area (Å²) in [5.74, 6) is -0.0314. The molecule has 0 aromatic heterocycles. The standard InChI is InChI=1S/C15H20N2O2S2/c1-20-15-5-3-2-4-14(15)17-21(18,19)11-13-8-6-12(10-16)7-9-13/h6-9,14-15,17H,2-5,11H2,1H3. The minimum Gasteiger partial charge on any atom is -0.212 e. The predicted molar refractivity (Wildman–Crippen MR) is 86.5 cm³/mol. The van der Waals surface area contributed by atoms with Gasteiger partial charge >= 0.3 is 0 Å². The zero-order chi connectivity index (χ0) is 15.3. The highest BCUT2D eigenvalue weighted by atomic mass is 32.2. The molecule has 21 heavy (non-hydrogen) atoms. The highest BCUT2D eigenvalue weighted by Gasteiger charge is 2.28. The van der Waals surface area contributed by atoms with Gasteiger partial charge < -0.3 is 0 Å². The van der Waals surface area contributed by atoms with E-state index in [4.69, 9.17) is 5.26 Å². The fraction of sp³-hybridized carbons (Fsp3) is 0.533. The van der Waals surface area contributed by atoms with Gasteiger partial charge in [-0.25, -0.2) is 13.1 Å². The number of hydrogen-bond donors (Lipinski definition) is 1. The molecule has 1 fully saturated rings. The molecule has 1 aliphatic carbocycles. The van der Waals surface area contributed by atoms with Crippen LogP contribution in [-0.4, -0.2) is 26.0 Å². The molecule has 0 amide bonds. The second kappa shape index (κ2) is 7.30. The Kier molecular flexibility index (Phi) is 5.68. The SMILES string of the molecule is CSC1CCCCC1NS(=O)(=O)Cc1ccc(C#N)cc1. The van der Waals surface area contributed by atoms with E-state index in [1.165, 1.54) is 6.42 Å². The van der Waals surface area contributed by atoms with Crippen LogP contribution in [0.4, 0.5) is 0 Å². The van der Waals surface area contributed by atoms with Gasteiger partial charge in [0.15, 0.2) is 0 Å². The second-order valence-electron chi connectivity index (χ2n) is 5.35. The molecule has 0 heterocycles. The first kappa shape index (κ1) is 16.3. The van der Waals surface area contributed by atoms with Crippen LogP contribution in [0.2, 0.25) is 0 Å². The van der Waals surface area contributed by atoms with Crippen molar-refractivity contribution in [2.75, 3.05) is 6.26 Å². The average molecular weight is 324 g/mol. The number of benzene rings is 1. The summed E-state index contributed by atoms with van der Waals surface area (Å²) in [6, 6.07) is 8.76. The fourth-order valence-electron chi connectivity index (χ4n) is 2.68. The summed E-state index contributed by atoms with van der Waals surface area (Å²) < 4.78 is 27.5. The van der Waals surface area contributed by atoms with Crippen LogP contribution in [0.3, 0.4) is 0 Å². The average Bonchev–Trinajstić information content (AvgIpc) is 2.47. The van der Waals surface area contributed by atoms with E-state index in [9.17, 15) is 8.42 Å². The molecule has 1 aromatic rings. The zero-order valence-corrected chi connectivity index (χ0v) is 13.7. The minimum atomic E-state index is -3.34. The van der Waals surface area contributed by atoms with Gasteiger partial charge in [-0.05, 0) is 36.8 Å². The van der Waals surface area contributed by atoms with Crippen molar-refractivity contribution < 1.29 is 8.42 Å². The third kappa shape index (κ3) is 4.73. The number of sulfonamides is 1. The molecule has 0 bridgehead atoms. The molecule has 1 aromatic carbocycles. The fourth-order valence-corrected chi connectivity index (χ4v) is 5.16. The maximum Gasteiger partial charge on any atom is 0.216 e. The highest BCUT2D eigenvalue weighted by molar-refractivity contribution is 7.99. The van der Waals surface area contributed by atoms with Crippen LogP contribution < -0.4 is 4.72 Å². The summed E-state index contributed by atoms with van der Waals surface area (Å²) in [7, 11) is -3.34.